The smallest absolute Gasteiger partial charge is 0.224 e. The first kappa shape index (κ1) is 55.9. The van der Waals surface area contributed by atoms with Gasteiger partial charge in [0, 0.05) is 89.3 Å². The highest BCUT2D eigenvalue weighted by Gasteiger charge is 2.31. The Hall–Kier alpha value is -5.41. The van der Waals surface area contributed by atoms with Crippen molar-refractivity contribution >= 4 is 66.7 Å². The Morgan fingerprint density at radius 1 is 0.667 bits per heavy atom. The number of ether oxygens (including phenoxy) is 2. The molecule has 0 atom stereocenters. The van der Waals surface area contributed by atoms with Crippen LogP contribution >= 0.6 is 11.6 Å². The summed E-state index contributed by atoms with van der Waals surface area (Å²) >= 11 is 5.60. The number of nitrogens with one attached hydrogen (secondary N) is 2. The Balaban J connectivity index is 0.000000241. The molecule has 0 aliphatic carbocycles. The topological polar surface area (TPSA) is 282 Å². The normalized spacial score (nSPS) is 16.9. The fourth-order valence-corrected chi connectivity index (χ4v) is 11.9. The standard InChI is InChI=1S/C26H38FN7O5S.C20H25ClFN5O4S/c1-39-23-4-3-19(27)17-21(23)24(36)22-18-29-26(31-25(22)28)30-20-5-8-34(9-6-20)40(37,38)16-2-7-32-10-12-33(13-11-32)14-15-35;1-31-17-4-3-13(22)11-15(17)18(28)16-12-24-20(26-19(16)23)25-14-5-8-27(9-6-14)32(29,30)10-2-7-21/h3-4,17-18,20,35H,2,5-16H2,1H3,(H3,28,29,30,31);3-4,11-12,14H,2,5-10H2,1H3,(H3,23,24,25,26). The van der Waals surface area contributed by atoms with Crippen LogP contribution < -0.4 is 31.6 Å². The number of β-amino-alcohol motifs (C(OH)–C–C–N with tert-alkyl or cyclic N) is 1. The number of nitrogens with zero attached hydrogens (tertiary/aromatic N) is 8. The van der Waals surface area contributed by atoms with Crippen LogP contribution in [0.25, 0.3) is 0 Å². The number of aromatic nitrogens is 4. The first-order valence-electron chi connectivity index (χ1n) is 23.6. The summed E-state index contributed by atoms with van der Waals surface area (Å²) < 4.78 is 91.0. The lowest BCUT2D eigenvalue weighted by molar-refractivity contribution is 0.102. The largest absolute Gasteiger partial charge is 0.496 e. The summed E-state index contributed by atoms with van der Waals surface area (Å²) in [6.45, 7) is 6.70. The number of methoxy groups -OCH3 is 2. The molecule has 394 valence electrons. The van der Waals surface area contributed by atoms with E-state index in [0.29, 0.717) is 77.1 Å². The molecule has 0 spiro atoms. The SMILES string of the molecule is COc1ccc(F)cc1C(=O)c1cnc(NC2CCN(S(=O)(=O)CCCCl)CC2)nc1N.COc1ccc(F)cc1C(=O)c1cnc(NC2CCN(S(=O)(=O)CCCN3CCN(CCO)CC3)CC2)nc1N. The second kappa shape index (κ2) is 26.0. The van der Waals surface area contributed by atoms with Crippen molar-refractivity contribution in [3.63, 3.8) is 0 Å². The van der Waals surface area contributed by atoms with Gasteiger partial charge >= 0.3 is 0 Å². The third-order valence-corrected chi connectivity index (χ3v) is 16.8. The zero-order chi connectivity index (χ0) is 52.0. The number of ketones is 2. The molecule has 2 aromatic carbocycles. The molecule has 72 heavy (non-hydrogen) atoms. The number of piperidine rings is 2. The summed E-state index contributed by atoms with van der Waals surface area (Å²) in [6.07, 6.45) is 5.89. The Morgan fingerprint density at radius 3 is 1.44 bits per heavy atom. The maximum absolute atomic E-state index is 13.7. The summed E-state index contributed by atoms with van der Waals surface area (Å²) in [6, 6.07) is 7.17. The van der Waals surface area contributed by atoms with Gasteiger partial charge in [-0.05, 0) is 81.5 Å². The number of hydrogen-bond acceptors (Lipinski definition) is 19. The van der Waals surface area contributed by atoms with E-state index in [1.165, 1.54) is 55.2 Å². The van der Waals surface area contributed by atoms with Crippen LogP contribution in [0.2, 0.25) is 0 Å². The van der Waals surface area contributed by atoms with Crippen LogP contribution in [0.15, 0.2) is 48.8 Å². The second-order valence-electron chi connectivity index (χ2n) is 17.4. The number of anilines is 4. The summed E-state index contributed by atoms with van der Waals surface area (Å²) in [5, 5.41) is 15.4. The fraction of sp³-hybridized carbons (Fsp3) is 0.522. The Bertz CT molecular complexity index is 2710. The van der Waals surface area contributed by atoms with Gasteiger partial charge in [-0.3, -0.25) is 14.5 Å². The number of piperazine rings is 1. The van der Waals surface area contributed by atoms with E-state index in [2.05, 4.69) is 40.4 Å². The number of rotatable bonds is 21. The highest BCUT2D eigenvalue weighted by molar-refractivity contribution is 7.89. The number of carbonyl (C=O) groups excluding carboxylic acids is 2. The van der Waals surface area contributed by atoms with Gasteiger partial charge in [0.1, 0.15) is 34.8 Å². The van der Waals surface area contributed by atoms with E-state index in [-0.39, 0.29) is 87.5 Å². The van der Waals surface area contributed by atoms with Gasteiger partial charge in [-0.2, -0.15) is 9.97 Å². The van der Waals surface area contributed by atoms with Crippen molar-refractivity contribution in [1.29, 1.82) is 0 Å². The number of aliphatic hydroxyl groups excluding tert-OH is 1. The molecule has 0 amide bonds. The van der Waals surface area contributed by atoms with Crippen LogP contribution in [0.1, 0.15) is 70.4 Å². The lowest BCUT2D eigenvalue weighted by Gasteiger charge is -2.34. The predicted molar refractivity (Wildman–Crippen MR) is 270 cm³/mol. The van der Waals surface area contributed by atoms with Gasteiger partial charge in [0.25, 0.3) is 0 Å². The van der Waals surface area contributed by atoms with Gasteiger partial charge in [-0.15, -0.1) is 11.6 Å². The molecule has 2 aromatic heterocycles. The number of nitrogen functional groups attached to an aromatic ring is 2. The molecular weight excluding hydrogens is 1000 g/mol. The van der Waals surface area contributed by atoms with Crippen molar-refractivity contribution in [2.24, 2.45) is 0 Å². The quantitative estimate of drug-likeness (QED) is 0.0592. The molecule has 0 bridgehead atoms. The summed E-state index contributed by atoms with van der Waals surface area (Å²) in [5.74, 6) is -1.01. The maximum Gasteiger partial charge on any atom is 0.224 e. The van der Waals surface area contributed by atoms with E-state index in [1.807, 2.05) is 0 Å². The van der Waals surface area contributed by atoms with Crippen molar-refractivity contribution in [1.82, 2.24) is 38.3 Å². The summed E-state index contributed by atoms with van der Waals surface area (Å²) in [5.41, 5.74) is 12.1. The van der Waals surface area contributed by atoms with Crippen LogP contribution in [-0.4, -0.2) is 188 Å². The summed E-state index contributed by atoms with van der Waals surface area (Å²) in [7, 11) is -3.88. The van der Waals surface area contributed by atoms with E-state index in [0.717, 1.165) is 44.9 Å². The Morgan fingerprint density at radius 2 is 1.07 bits per heavy atom. The van der Waals surface area contributed by atoms with Gasteiger partial charge in [0.15, 0.2) is 0 Å². The van der Waals surface area contributed by atoms with E-state index in [9.17, 15) is 35.2 Å². The van der Waals surface area contributed by atoms with E-state index >= 15 is 0 Å². The van der Waals surface area contributed by atoms with Crippen LogP contribution in [-0.2, 0) is 20.0 Å². The second-order valence-corrected chi connectivity index (χ2v) is 22.0. The first-order valence-corrected chi connectivity index (χ1v) is 27.3. The molecule has 0 unspecified atom stereocenters. The van der Waals surface area contributed by atoms with E-state index in [4.69, 9.17) is 37.6 Å². The molecular formula is C46H63ClF2N12O9S2. The fourth-order valence-electron chi connectivity index (χ4n) is 8.55. The molecule has 3 fully saturated rings. The maximum atomic E-state index is 13.7. The van der Waals surface area contributed by atoms with Gasteiger partial charge < -0.3 is 41.6 Å². The minimum atomic E-state index is -3.35. The molecule has 0 radical (unpaired) electrons. The molecule has 0 saturated carbocycles. The molecule has 4 aromatic rings. The highest BCUT2D eigenvalue weighted by Crippen LogP contribution is 2.27. The molecule has 7 N–H and O–H groups in total. The molecule has 5 heterocycles. The molecule has 7 rings (SSSR count). The van der Waals surface area contributed by atoms with Crippen LogP contribution in [0.5, 0.6) is 11.5 Å². The lowest BCUT2D eigenvalue weighted by Crippen LogP contribution is -2.48. The minimum Gasteiger partial charge on any atom is -0.496 e. The van der Waals surface area contributed by atoms with Crippen LogP contribution in [0.4, 0.5) is 32.3 Å². The van der Waals surface area contributed by atoms with Crippen LogP contribution in [0, 0.1) is 11.6 Å². The number of aliphatic hydroxyl groups is 1. The van der Waals surface area contributed by atoms with Crippen molar-refractivity contribution in [3.8, 4) is 11.5 Å². The number of carbonyl (C=O) groups is 2. The molecule has 3 saturated heterocycles. The minimum absolute atomic E-state index is 0.0197. The van der Waals surface area contributed by atoms with E-state index in [1.54, 1.807) is 4.31 Å². The Kier molecular flexibility index (Phi) is 20.2. The van der Waals surface area contributed by atoms with Crippen molar-refractivity contribution < 1.29 is 49.8 Å². The summed E-state index contributed by atoms with van der Waals surface area (Å²) in [4.78, 5) is 47.0. The van der Waals surface area contributed by atoms with Crippen molar-refractivity contribution in [3.05, 3.63) is 82.7 Å². The molecule has 26 heteroatoms. The number of nitrogens with two attached hydrogens (primary N) is 2. The third-order valence-electron chi connectivity index (χ3n) is 12.6. The number of hydrogen-bond donors (Lipinski definition) is 5. The van der Waals surface area contributed by atoms with E-state index < -0.39 is 43.2 Å². The third kappa shape index (κ3) is 15.1. The predicted octanol–water partition coefficient (Wildman–Crippen LogP) is 2.92. The van der Waals surface area contributed by atoms with Gasteiger partial charge in [0.2, 0.25) is 43.5 Å². The average molecular weight is 1070 g/mol. The molecule has 3 aliphatic heterocycles. The zero-order valence-corrected chi connectivity index (χ0v) is 42.7. The van der Waals surface area contributed by atoms with Gasteiger partial charge in [-0.1, -0.05) is 0 Å². The van der Waals surface area contributed by atoms with Gasteiger partial charge in [-0.25, -0.2) is 44.2 Å². The monoisotopic (exact) mass is 1060 g/mol. The van der Waals surface area contributed by atoms with Gasteiger partial charge in [0.05, 0.1) is 54.6 Å². The number of sulfonamides is 2. The van der Waals surface area contributed by atoms with Crippen molar-refractivity contribution in [2.45, 2.75) is 50.6 Å². The van der Waals surface area contributed by atoms with Crippen LogP contribution in [0.3, 0.4) is 0 Å². The number of benzene rings is 2. The highest BCUT2D eigenvalue weighted by atomic mass is 35.5. The zero-order valence-electron chi connectivity index (χ0n) is 40.3. The molecule has 3 aliphatic rings. The number of alkyl halides is 1. The van der Waals surface area contributed by atoms with Crippen molar-refractivity contribution in [2.75, 3.05) is 126 Å². The first-order chi connectivity index (χ1) is 34.4. The Labute approximate surface area is 423 Å². The average Bonchev–Trinajstić information content (AvgIpc) is 3.36. The number of halogens is 3. The lowest BCUT2D eigenvalue weighted by atomic mass is 10.0. The molecule has 21 nitrogen and oxygen atoms in total.